The van der Waals surface area contributed by atoms with E-state index in [4.69, 9.17) is 14.6 Å². The van der Waals surface area contributed by atoms with Crippen molar-refractivity contribution in [2.24, 2.45) is 0 Å². The molecule has 4 aromatic rings. The first-order chi connectivity index (χ1) is 17.1. The van der Waals surface area contributed by atoms with Gasteiger partial charge in [-0.05, 0) is 30.3 Å². The second-order valence-corrected chi connectivity index (χ2v) is 8.87. The molecule has 0 fully saturated rings. The smallest absolute Gasteiger partial charge is 0.341 e. The van der Waals surface area contributed by atoms with Gasteiger partial charge in [0.25, 0.3) is 15.6 Å². The number of rotatable bonds is 8. The number of carbonyl (C=O) groups is 1. The van der Waals surface area contributed by atoms with Crippen LogP contribution in [-0.4, -0.2) is 47.6 Å². The van der Waals surface area contributed by atoms with Crippen LogP contribution in [-0.2, 0) is 14.8 Å². The molecule has 11 nitrogen and oxygen atoms in total. The quantitative estimate of drug-likeness (QED) is 0.358. The van der Waals surface area contributed by atoms with E-state index >= 15 is 0 Å². The summed E-state index contributed by atoms with van der Waals surface area (Å²) in [5.41, 5.74) is 0.143. The van der Waals surface area contributed by atoms with Gasteiger partial charge in [0.15, 0.2) is 6.61 Å². The molecular formula is C22H16F2N4O7S. The Hall–Kier alpha value is -4.59. The molecule has 1 aromatic carbocycles. The Bertz CT molecular complexity index is 1660. The van der Waals surface area contributed by atoms with Crippen LogP contribution in [0.25, 0.3) is 16.8 Å². The normalized spacial score (nSPS) is 11.3. The third-order valence-electron chi connectivity index (χ3n) is 4.83. The van der Waals surface area contributed by atoms with Crippen molar-refractivity contribution in [1.29, 1.82) is 0 Å². The van der Waals surface area contributed by atoms with Gasteiger partial charge >= 0.3 is 5.97 Å². The van der Waals surface area contributed by atoms with Gasteiger partial charge in [-0.3, -0.25) is 13.9 Å². The summed E-state index contributed by atoms with van der Waals surface area (Å²) in [4.78, 5) is 30.8. The zero-order chi connectivity index (χ0) is 26.0. The number of hydrogen-bond donors (Lipinski definition) is 2. The highest BCUT2D eigenvalue weighted by Crippen LogP contribution is 2.30. The van der Waals surface area contributed by atoms with Crippen molar-refractivity contribution in [2.75, 3.05) is 18.4 Å². The first kappa shape index (κ1) is 24.5. The molecule has 0 spiro atoms. The summed E-state index contributed by atoms with van der Waals surface area (Å²) >= 11 is 0. The number of anilines is 1. The highest BCUT2D eigenvalue weighted by atomic mass is 32.2. The fraction of sp³-hybridized carbons (Fsp3) is 0.0909. The molecule has 0 amide bonds. The molecule has 14 heteroatoms. The number of methoxy groups -OCH3 is 1. The third-order valence-corrected chi connectivity index (χ3v) is 6.23. The first-order valence-corrected chi connectivity index (χ1v) is 11.5. The fourth-order valence-corrected chi connectivity index (χ4v) is 4.32. The van der Waals surface area contributed by atoms with E-state index in [1.54, 1.807) is 6.07 Å². The van der Waals surface area contributed by atoms with Crippen LogP contribution < -0.4 is 19.8 Å². The molecule has 0 unspecified atom stereocenters. The molecule has 0 radical (unpaired) electrons. The molecule has 4 rings (SSSR count). The van der Waals surface area contributed by atoms with E-state index in [1.165, 1.54) is 31.6 Å². The van der Waals surface area contributed by atoms with Crippen molar-refractivity contribution >= 4 is 27.3 Å². The highest BCUT2D eigenvalue weighted by Gasteiger charge is 2.22. The van der Waals surface area contributed by atoms with Crippen LogP contribution in [0.2, 0.25) is 0 Å². The fourth-order valence-electron chi connectivity index (χ4n) is 3.21. The zero-order valence-corrected chi connectivity index (χ0v) is 19.1. The van der Waals surface area contributed by atoms with Crippen LogP contribution in [0, 0.1) is 11.6 Å². The summed E-state index contributed by atoms with van der Waals surface area (Å²) in [6, 6.07) is 6.45. The number of nitrogens with one attached hydrogen (secondary N) is 1. The number of fused-ring (bicyclic) bond motifs is 1. The first-order valence-electron chi connectivity index (χ1n) is 9.97. The largest absolute Gasteiger partial charge is 0.480 e. The molecule has 2 N–H and O–H groups in total. The molecule has 0 bridgehead atoms. The van der Waals surface area contributed by atoms with E-state index in [0.29, 0.717) is 17.2 Å². The van der Waals surface area contributed by atoms with Crippen LogP contribution in [0.3, 0.4) is 0 Å². The summed E-state index contributed by atoms with van der Waals surface area (Å²) in [6.07, 6.45) is 3.83. The number of sulfonamides is 1. The molecule has 0 aliphatic rings. The summed E-state index contributed by atoms with van der Waals surface area (Å²) in [5.74, 6) is -3.91. The molecule has 0 atom stereocenters. The van der Waals surface area contributed by atoms with Gasteiger partial charge in [0.05, 0.1) is 13.3 Å². The molecule has 3 aromatic heterocycles. The molecule has 0 aliphatic heterocycles. The predicted octanol–water partition coefficient (Wildman–Crippen LogP) is 2.31. The Morgan fingerprint density at radius 2 is 1.89 bits per heavy atom. The minimum absolute atomic E-state index is 0.131. The van der Waals surface area contributed by atoms with Gasteiger partial charge in [0.1, 0.15) is 27.9 Å². The zero-order valence-electron chi connectivity index (χ0n) is 18.3. The number of carboxylic acids is 1. The van der Waals surface area contributed by atoms with Crippen LogP contribution in [0.1, 0.15) is 0 Å². The number of hydrogen-bond acceptors (Lipinski definition) is 8. The molecule has 3 heterocycles. The summed E-state index contributed by atoms with van der Waals surface area (Å²) in [5, 5.41) is 8.76. The summed E-state index contributed by atoms with van der Waals surface area (Å²) in [6.45, 7) is -0.733. The van der Waals surface area contributed by atoms with Gasteiger partial charge in [-0.15, -0.1) is 0 Å². The monoisotopic (exact) mass is 518 g/mol. The SMILES string of the molecule is COc1ncc(-c2ccc3ncc(OCC(=O)O)c(=O)n3c2)cc1NS(=O)(=O)c1ccc(F)cc1F. The van der Waals surface area contributed by atoms with Gasteiger partial charge < -0.3 is 14.6 Å². The second-order valence-electron chi connectivity index (χ2n) is 7.22. The number of aromatic nitrogens is 3. The van der Waals surface area contributed by atoms with E-state index in [2.05, 4.69) is 14.7 Å². The Kier molecular flexibility index (Phi) is 6.53. The van der Waals surface area contributed by atoms with E-state index in [1.807, 2.05) is 0 Å². The van der Waals surface area contributed by atoms with Crippen LogP contribution in [0.5, 0.6) is 11.6 Å². The molecular weight excluding hydrogens is 502 g/mol. The number of aliphatic carboxylic acids is 1. The van der Waals surface area contributed by atoms with E-state index in [0.717, 1.165) is 22.7 Å². The van der Waals surface area contributed by atoms with E-state index in [9.17, 15) is 26.8 Å². The topological polar surface area (TPSA) is 149 Å². The summed E-state index contributed by atoms with van der Waals surface area (Å²) in [7, 11) is -3.25. The number of nitrogens with zero attached hydrogens (tertiary/aromatic N) is 3. The molecule has 186 valence electrons. The number of benzene rings is 1. The Morgan fingerprint density at radius 3 is 2.58 bits per heavy atom. The summed E-state index contributed by atoms with van der Waals surface area (Å²) < 4.78 is 66.2. The lowest BCUT2D eigenvalue weighted by molar-refractivity contribution is -0.139. The maximum absolute atomic E-state index is 14.1. The molecule has 36 heavy (non-hydrogen) atoms. The number of ether oxygens (including phenoxy) is 2. The maximum atomic E-state index is 14.1. The van der Waals surface area contributed by atoms with Gasteiger partial charge in [0, 0.05) is 29.6 Å². The minimum atomic E-state index is -4.49. The predicted molar refractivity (Wildman–Crippen MR) is 122 cm³/mol. The average Bonchev–Trinajstić information content (AvgIpc) is 2.83. The van der Waals surface area contributed by atoms with Gasteiger partial charge in [-0.2, -0.15) is 0 Å². The van der Waals surface area contributed by atoms with Gasteiger partial charge in [-0.1, -0.05) is 0 Å². The van der Waals surface area contributed by atoms with Crippen molar-refractivity contribution in [2.45, 2.75) is 4.90 Å². The molecule has 0 saturated carbocycles. The molecule has 0 saturated heterocycles. The van der Waals surface area contributed by atoms with Crippen LogP contribution >= 0.6 is 0 Å². The number of pyridine rings is 2. The van der Waals surface area contributed by atoms with Gasteiger partial charge in [-0.25, -0.2) is 32.0 Å². The third kappa shape index (κ3) is 4.93. The minimum Gasteiger partial charge on any atom is -0.480 e. The van der Waals surface area contributed by atoms with Crippen molar-refractivity contribution in [3.8, 4) is 22.8 Å². The second kappa shape index (κ2) is 9.58. The van der Waals surface area contributed by atoms with Crippen molar-refractivity contribution in [1.82, 2.24) is 14.4 Å². The Balaban J connectivity index is 1.75. The Morgan fingerprint density at radius 1 is 1.11 bits per heavy atom. The Labute approximate surface area is 201 Å². The lowest BCUT2D eigenvalue weighted by Crippen LogP contribution is -2.20. The standard InChI is InChI=1S/C22H16F2N4O7S/c1-34-21-16(27-36(32,33)18-4-3-14(23)7-15(18)24)6-13(8-26-21)12-2-5-19-25-9-17(35-11-20(29)30)22(31)28(19)10-12/h2-10,27H,11H2,1H3,(H,29,30). The average molecular weight is 518 g/mol. The van der Waals surface area contributed by atoms with Crippen LogP contribution in [0.15, 0.2) is 64.7 Å². The lowest BCUT2D eigenvalue weighted by atomic mass is 10.1. The van der Waals surface area contributed by atoms with Gasteiger partial charge in [0.2, 0.25) is 11.6 Å². The molecule has 0 aliphatic carbocycles. The van der Waals surface area contributed by atoms with E-state index < -0.39 is 44.7 Å². The van der Waals surface area contributed by atoms with Crippen LogP contribution in [0.4, 0.5) is 14.5 Å². The van der Waals surface area contributed by atoms with Crippen molar-refractivity contribution in [3.05, 3.63) is 77.0 Å². The van der Waals surface area contributed by atoms with Crippen molar-refractivity contribution < 1.29 is 36.6 Å². The lowest BCUT2D eigenvalue weighted by Gasteiger charge is -2.13. The maximum Gasteiger partial charge on any atom is 0.341 e. The highest BCUT2D eigenvalue weighted by molar-refractivity contribution is 7.92. The van der Waals surface area contributed by atoms with E-state index in [-0.39, 0.29) is 23.0 Å². The van der Waals surface area contributed by atoms with Crippen molar-refractivity contribution in [3.63, 3.8) is 0 Å². The number of carboxylic acid groups (broad SMARTS) is 1. The number of halogens is 2.